The summed E-state index contributed by atoms with van der Waals surface area (Å²) in [5.41, 5.74) is 2.24. The minimum atomic E-state index is 0. The van der Waals surface area contributed by atoms with Crippen molar-refractivity contribution in [3.63, 3.8) is 0 Å². The van der Waals surface area contributed by atoms with Gasteiger partial charge in [-0.1, -0.05) is 40.3 Å². The molecule has 2 aromatic rings. The number of aryl methyl sites for hydroxylation is 2. The zero-order chi connectivity index (χ0) is 14.4. The van der Waals surface area contributed by atoms with Gasteiger partial charge in [-0.25, -0.2) is 4.98 Å². The maximum atomic E-state index is 4.25. The van der Waals surface area contributed by atoms with Gasteiger partial charge in [0.05, 0.1) is 17.7 Å². The van der Waals surface area contributed by atoms with E-state index in [2.05, 4.69) is 60.7 Å². The maximum Gasteiger partial charge on any atom is 0.0949 e. The fourth-order valence-electron chi connectivity index (χ4n) is 1.48. The van der Waals surface area contributed by atoms with Crippen LogP contribution in [0.25, 0.3) is 0 Å². The molecule has 0 amide bonds. The van der Waals surface area contributed by atoms with Crippen molar-refractivity contribution in [2.24, 2.45) is 7.05 Å². The molecule has 5 heteroatoms. The van der Waals surface area contributed by atoms with Crippen molar-refractivity contribution in [2.75, 3.05) is 0 Å². The van der Waals surface area contributed by atoms with Gasteiger partial charge in [-0.15, -0.1) is 5.10 Å². The van der Waals surface area contributed by atoms with Gasteiger partial charge in [0.15, 0.2) is 0 Å². The van der Waals surface area contributed by atoms with E-state index >= 15 is 0 Å². The molecule has 0 unspecified atom stereocenters. The molecule has 20 heavy (non-hydrogen) atoms. The Kier molecular flexibility index (Phi) is 7.80. The molecule has 0 fully saturated rings. The van der Waals surface area contributed by atoms with Crippen LogP contribution in [0, 0.1) is 0 Å². The van der Waals surface area contributed by atoms with Gasteiger partial charge in [0, 0.05) is 26.0 Å². The molecule has 0 aliphatic heterocycles. The summed E-state index contributed by atoms with van der Waals surface area (Å²) in [6.45, 7) is 11.6. The molecule has 0 bridgehead atoms. The highest BCUT2D eigenvalue weighted by atomic mass is 15.4. The van der Waals surface area contributed by atoms with E-state index in [1.165, 1.54) is 5.69 Å². The molecule has 0 aliphatic rings. The third-order valence-corrected chi connectivity index (χ3v) is 2.82. The molecule has 5 nitrogen and oxygen atoms in total. The van der Waals surface area contributed by atoms with Gasteiger partial charge in [0.1, 0.15) is 0 Å². The molecule has 0 saturated carbocycles. The smallest absolute Gasteiger partial charge is 0.0949 e. The minimum absolute atomic E-state index is 0. The number of imidazole rings is 1. The standard InChI is InChI=1S/C8H14N2.C6H11N3.CH4/c1-4-10-5-8(7(2)3)9-6-10;1-5(2)6-4-9(3)8-7-6;/h5-7H,4H2,1-3H3;4-5H,1-3H3;1H4. The lowest BCUT2D eigenvalue weighted by molar-refractivity contribution is 0.710. The molecule has 0 atom stereocenters. The number of aromatic nitrogens is 5. The SMILES string of the molecule is C.CC(C)c1cn(C)nn1.CCn1cnc(C(C)C)c1. The number of rotatable bonds is 3. The zero-order valence-corrected chi connectivity index (χ0v) is 12.8. The van der Waals surface area contributed by atoms with Crippen molar-refractivity contribution in [1.29, 1.82) is 0 Å². The second kappa shape index (κ2) is 8.51. The molecule has 0 radical (unpaired) electrons. The average molecular weight is 279 g/mol. The lowest BCUT2D eigenvalue weighted by Gasteiger charge is -1.96. The van der Waals surface area contributed by atoms with Crippen molar-refractivity contribution >= 4 is 0 Å². The Morgan fingerprint density at radius 3 is 1.90 bits per heavy atom. The van der Waals surface area contributed by atoms with Crippen molar-refractivity contribution in [3.8, 4) is 0 Å². The van der Waals surface area contributed by atoms with Gasteiger partial charge in [0.25, 0.3) is 0 Å². The van der Waals surface area contributed by atoms with E-state index in [9.17, 15) is 0 Å². The molecule has 0 N–H and O–H groups in total. The molecule has 2 aromatic heterocycles. The van der Waals surface area contributed by atoms with Crippen molar-refractivity contribution in [2.45, 2.75) is 60.4 Å². The van der Waals surface area contributed by atoms with Gasteiger partial charge in [-0.05, 0) is 18.8 Å². The third-order valence-electron chi connectivity index (χ3n) is 2.82. The molecule has 0 spiro atoms. The maximum absolute atomic E-state index is 4.25. The third kappa shape index (κ3) is 5.55. The molecular formula is C15H29N5. The molecule has 0 aromatic carbocycles. The number of hydrogen-bond donors (Lipinski definition) is 0. The Bertz CT molecular complexity index is 482. The van der Waals surface area contributed by atoms with E-state index in [0.717, 1.165) is 12.2 Å². The van der Waals surface area contributed by atoms with Crippen LogP contribution in [0.2, 0.25) is 0 Å². The first kappa shape index (κ1) is 18.4. The highest BCUT2D eigenvalue weighted by molar-refractivity contribution is 5.01. The van der Waals surface area contributed by atoms with Crippen LogP contribution in [0.1, 0.15) is 65.3 Å². The molecular weight excluding hydrogens is 250 g/mol. The largest absolute Gasteiger partial charge is 0.337 e. The summed E-state index contributed by atoms with van der Waals surface area (Å²) < 4.78 is 3.81. The fourth-order valence-corrected chi connectivity index (χ4v) is 1.48. The molecule has 0 saturated heterocycles. The van der Waals surface area contributed by atoms with Crippen LogP contribution in [0.15, 0.2) is 18.7 Å². The van der Waals surface area contributed by atoms with E-state index in [0.29, 0.717) is 11.8 Å². The van der Waals surface area contributed by atoms with Gasteiger partial charge in [-0.2, -0.15) is 0 Å². The first-order valence-electron chi connectivity index (χ1n) is 6.81. The topological polar surface area (TPSA) is 48.5 Å². The summed E-state index contributed by atoms with van der Waals surface area (Å²) in [5.74, 6) is 1.03. The van der Waals surface area contributed by atoms with Crippen molar-refractivity contribution in [1.82, 2.24) is 24.5 Å². The Hall–Kier alpha value is -1.65. The Labute approximate surface area is 123 Å². The lowest BCUT2D eigenvalue weighted by atomic mass is 10.2. The molecule has 2 rings (SSSR count). The van der Waals surface area contributed by atoms with Gasteiger partial charge < -0.3 is 4.57 Å². The van der Waals surface area contributed by atoms with Gasteiger partial charge >= 0.3 is 0 Å². The Morgan fingerprint density at radius 2 is 1.65 bits per heavy atom. The van der Waals surface area contributed by atoms with Crippen LogP contribution in [-0.2, 0) is 13.6 Å². The predicted molar refractivity (Wildman–Crippen MR) is 83.8 cm³/mol. The van der Waals surface area contributed by atoms with E-state index in [1.54, 1.807) is 4.68 Å². The summed E-state index contributed by atoms with van der Waals surface area (Å²) in [6, 6.07) is 0. The zero-order valence-electron chi connectivity index (χ0n) is 12.8. The number of hydrogen-bond acceptors (Lipinski definition) is 3. The second-order valence-electron chi connectivity index (χ2n) is 5.26. The highest BCUT2D eigenvalue weighted by Gasteiger charge is 2.01. The lowest BCUT2D eigenvalue weighted by Crippen LogP contribution is -1.88. The van der Waals surface area contributed by atoms with Crippen LogP contribution in [0.4, 0.5) is 0 Å². The summed E-state index contributed by atoms with van der Waals surface area (Å²) in [7, 11) is 1.87. The highest BCUT2D eigenvalue weighted by Crippen LogP contribution is 2.10. The molecule has 114 valence electrons. The second-order valence-corrected chi connectivity index (χ2v) is 5.26. The van der Waals surface area contributed by atoms with Crippen LogP contribution in [0.3, 0.4) is 0 Å². The normalized spacial score (nSPS) is 10.2. The Balaban J connectivity index is 0.000000345. The van der Waals surface area contributed by atoms with Crippen molar-refractivity contribution in [3.05, 3.63) is 30.1 Å². The van der Waals surface area contributed by atoms with Gasteiger partial charge in [0.2, 0.25) is 0 Å². The van der Waals surface area contributed by atoms with E-state index in [-0.39, 0.29) is 7.43 Å². The first-order chi connectivity index (χ1) is 8.93. The van der Waals surface area contributed by atoms with Crippen LogP contribution in [-0.4, -0.2) is 24.5 Å². The number of nitrogens with zero attached hydrogens (tertiary/aromatic N) is 5. The summed E-state index contributed by atoms with van der Waals surface area (Å²) >= 11 is 0. The fraction of sp³-hybridized carbons (Fsp3) is 0.667. The monoisotopic (exact) mass is 279 g/mol. The van der Waals surface area contributed by atoms with E-state index < -0.39 is 0 Å². The average Bonchev–Trinajstić information content (AvgIpc) is 2.97. The van der Waals surface area contributed by atoms with E-state index in [1.807, 2.05) is 19.6 Å². The summed E-state index contributed by atoms with van der Waals surface area (Å²) in [4.78, 5) is 4.25. The first-order valence-corrected chi connectivity index (χ1v) is 6.81. The summed E-state index contributed by atoms with van der Waals surface area (Å²) in [6.07, 6.45) is 5.92. The predicted octanol–water partition coefficient (Wildman–Crippen LogP) is 3.60. The van der Waals surface area contributed by atoms with Crippen LogP contribution < -0.4 is 0 Å². The van der Waals surface area contributed by atoms with Crippen molar-refractivity contribution < 1.29 is 0 Å². The minimum Gasteiger partial charge on any atom is -0.337 e. The molecule has 0 aliphatic carbocycles. The van der Waals surface area contributed by atoms with Gasteiger partial charge in [-0.3, -0.25) is 4.68 Å². The van der Waals surface area contributed by atoms with Crippen LogP contribution >= 0.6 is 0 Å². The quantitative estimate of drug-likeness (QED) is 0.862. The van der Waals surface area contributed by atoms with Crippen LogP contribution in [0.5, 0.6) is 0 Å². The Morgan fingerprint density at radius 1 is 1.05 bits per heavy atom. The molecule has 2 heterocycles. The van der Waals surface area contributed by atoms with E-state index in [4.69, 9.17) is 0 Å². The summed E-state index contributed by atoms with van der Waals surface area (Å²) in [5, 5.41) is 7.73.